The Morgan fingerprint density at radius 2 is 1.62 bits per heavy atom. The van der Waals surface area contributed by atoms with Crippen molar-refractivity contribution in [1.29, 1.82) is 0 Å². The number of nitrogens with one attached hydrogen (secondary N) is 1. The fourth-order valence-electron chi connectivity index (χ4n) is 3.78. The number of rotatable bonds is 8. The number of carbonyl (C=O) groups is 1. The van der Waals surface area contributed by atoms with Crippen LogP contribution in [0.2, 0.25) is 0 Å². The Morgan fingerprint density at radius 3 is 2.21 bits per heavy atom. The Bertz CT molecular complexity index is 1890. The number of thiol groups is 1. The molecule has 20 heteroatoms. The number of anilines is 1. The van der Waals surface area contributed by atoms with Crippen LogP contribution in [0.1, 0.15) is 6.92 Å². The van der Waals surface area contributed by atoms with Gasteiger partial charge in [0.15, 0.2) is 11.4 Å². The molecular weight excluding hydrogens is 647 g/mol. The molecule has 4 aromatic carbocycles. The van der Waals surface area contributed by atoms with E-state index in [4.69, 9.17) is 4.89 Å². The van der Waals surface area contributed by atoms with Crippen molar-refractivity contribution in [1.82, 2.24) is 0 Å². The van der Waals surface area contributed by atoms with Crippen LogP contribution in [0.5, 0.6) is 11.5 Å². The SMILES string of the molecule is CC(=O)Nc1cc(S(=O)(=O)[O-])cc2cc(OOOS)c(N=Nc3ccc4ccccc4c3S(=O)(=O)[O-])c(O)c12.[Na+].[Na+].[Na]. The largest absolute Gasteiger partial charge is 1.00 e. The van der Waals surface area contributed by atoms with E-state index >= 15 is 0 Å². The molecule has 0 aliphatic carbocycles. The number of hydrogen-bond acceptors (Lipinski definition) is 14. The van der Waals surface area contributed by atoms with Crippen LogP contribution in [0.15, 0.2) is 74.6 Å². The van der Waals surface area contributed by atoms with Crippen molar-refractivity contribution in [3.63, 3.8) is 0 Å². The molecule has 0 heterocycles. The second kappa shape index (κ2) is 15.9. The van der Waals surface area contributed by atoms with Crippen molar-refractivity contribution >= 4 is 107 Å². The number of phenols is 1. The molecule has 0 aliphatic rings. The van der Waals surface area contributed by atoms with E-state index in [1.165, 1.54) is 24.3 Å². The van der Waals surface area contributed by atoms with Gasteiger partial charge in [-0.15, -0.1) is 14.6 Å². The molecule has 0 aromatic heterocycles. The number of nitrogens with zero attached hydrogens (tertiary/aromatic N) is 2. The van der Waals surface area contributed by atoms with Crippen molar-refractivity contribution < 1.29 is 109 Å². The number of carbonyl (C=O) groups excluding carboxylic acids is 1. The Morgan fingerprint density at radius 1 is 0.952 bits per heavy atom. The van der Waals surface area contributed by atoms with E-state index in [9.17, 15) is 35.8 Å². The third kappa shape index (κ3) is 8.87. The van der Waals surface area contributed by atoms with Crippen LogP contribution < -0.4 is 69.3 Å². The van der Waals surface area contributed by atoms with Crippen molar-refractivity contribution in [2.24, 2.45) is 10.2 Å². The first kappa shape index (κ1) is 39.2. The number of benzene rings is 4. The second-order valence-corrected chi connectivity index (χ2v) is 10.6. The van der Waals surface area contributed by atoms with Gasteiger partial charge in [0.2, 0.25) is 11.7 Å². The van der Waals surface area contributed by atoms with Crippen LogP contribution in [0.3, 0.4) is 0 Å². The summed E-state index contributed by atoms with van der Waals surface area (Å²) in [6.07, 6.45) is 0. The van der Waals surface area contributed by atoms with Crippen LogP contribution in [0.25, 0.3) is 21.5 Å². The molecule has 2 N–H and O–H groups in total. The van der Waals surface area contributed by atoms with Gasteiger partial charge in [0.1, 0.15) is 25.9 Å². The summed E-state index contributed by atoms with van der Waals surface area (Å²) in [5.74, 6) is -1.91. The van der Waals surface area contributed by atoms with Gasteiger partial charge in [-0.05, 0) is 40.1 Å². The zero-order chi connectivity index (χ0) is 28.5. The van der Waals surface area contributed by atoms with E-state index in [0.717, 1.165) is 25.1 Å². The number of phenolic OH excluding ortho intramolecular Hbond substituents is 1. The minimum absolute atomic E-state index is 0. The Hall–Kier alpha value is -0.840. The van der Waals surface area contributed by atoms with Gasteiger partial charge >= 0.3 is 59.1 Å². The summed E-state index contributed by atoms with van der Waals surface area (Å²) in [6.45, 7) is 1.10. The average molecular weight is 663 g/mol. The molecule has 0 spiro atoms. The van der Waals surface area contributed by atoms with Crippen LogP contribution >= 0.6 is 12.9 Å². The summed E-state index contributed by atoms with van der Waals surface area (Å²) in [4.78, 5) is 15.2. The Kier molecular flexibility index (Phi) is 14.9. The van der Waals surface area contributed by atoms with Gasteiger partial charge in [0.05, 0.1) is 15.5 Å². The minimum atomic E-state index is -5.06. The van der Waals surface area contributed by atoms with Crippen molar-refractivity contribution in [2.75, 3.05) is 5.32 Å². The number of azo groups is 1. The average Bonchev–Trinajstić information content (AvgIpc) is 2.84. The summed E-state index contributed by atoms with van der Waals surface area (Å²) >= 11 is 3.35. The zero-order valence-electron chi connectivity index (χ0n) is 22.4. The van der Waals surface area contributed by atoms with E-state index in [1.807, 2.05) is 0 Å². The van der Waals surface area contributed by atoms with Gasteiger partial charge in [0, 0.05) is 60.2 Å². The molecule has 0 fully saturated rings. The maximum Gasteiger partial charge on any atom is 1.00 e. The molecule has 4 aromatic rings. The summed E-state index contributed by atoms with van der Waals surface area (Å²) in [5.41, 5.74) is -1.19. The fraction of sp³-hybridized carbons (Fsp3) is 0.0455. The molecule has 205 valence electrons. The molecular formula is C22H15N3Na3O11S3. The predicted molar refractivity (Wildman–Crippen MR) is 142 cm³/mol. The van der Waals surface area contributed by atoms with E-state index in [-0.39, 0.29) is 116 Å². The van der Waals surface area contributed by atoms with Crippen LogP contribution in [0, 0.1) is 0 Å². The number of hydrogen-bond donors (Lipinski definition) is 3. The van der Waals surface area contributed by atoms with Crippen LogP contribution in [0.4, 0.5) is 17.1 Å². The van der Waals surface area contributed by atoms with Gasteiger partial charge < -0.3 is 24.4 Å². The molecule has 0 aliphatic heterocycles. The molecule has 42 heavy (non-hydrogen) atoms. The Labute approximate surface area is 311 Å². The molecule has 0 saturated heterocycles. The summed E-state index contributed by atoms with van der Waals surface area (Å²) < 4.78 is 75.4. The maximum absolute atomic E-state index is 12.1. The van der Waals surface area contributed by atoms with E-state index in [2.05, 4.69) is 37.8 Å². The molecule has 1 amide bonds. The smallest absolute Gasteiger partial charge is 0.744 e. The first-order valence-electron chi connectivity index (χ1n) is 10.4. The van der Waals surface area contributed by atoms with Gasteiger partial charge in [-0.2, -0.15) is 0 Å². The molecule has 0 unspecified atom stereocenters. The zero-order valence-corrected chi connectivity index (χ0v) is 30.9. The predicted octanol–water partition coefficient (Wildman–Crippen LogP) is -2.41. The second-order valence-electron chi connectivity index (χ2n) is 7.79. The third-order valence-corrected chi connectivity index (χ3v) is 7.05. The Balaban J connectivity index is 0.00000294. The topological polar surface area (TPSA) is 216 Å². The molecule has 0 atom stereocenters. The maximum atomic E-state index is 12.1. The molecule has 14 nitrogen and oxygen atoms in total. The van der Waals surface area contributed by atoms with Crippen LogP contribution in [-0.4, -0.2) is 66.5 Å². The van der Waals surface area contributed by atoms with E-state index in [1.54, 1.807) is 12.1 Å². The summed E-state index contributed by atoms with van der Waals surface area (Å²) in [7, 11) is -10.1. The van der Waals surface area contributed by atoms with Crippen LogP contribution in [-0.2, 0) is 34.4 Å². The number of fused-ring (bicyclic) bond motifs is 2. The van der Waals surface area contributed by atoms with Gasteiger partial charge in [-0.1, -0.05) is 30.3 Å². The number of amides is 1. The third-order valence-electron chi connectivity index (χ3n) is 5.24. The standard InChI is InChI=1S/C22H17N3O11S3.3Na/c1-11(26)23-17-10-14(38(28,29)30)8-13-9-18(34-35-36-37)20(21(27)19(13)17)25-24-16-7-6-12-4-2-3-5-15(12)22(16)39(31,32)33;;;/h2-10,27,37H,1H3,(H,23,26)(H,28,29,30)(H,31,32,33);;;/q;;2*+1/p-2. The van der Waals surface area contributed by atoms with Crippen molar-refractivity contribution in [2.45, 2.75) is 16.7 Å². The molecule has 0 saturated carbocycles. The first-order valence-corrected chi connectivity index (χ1v) is 13.6. The normalized spacial score (nSPS) is 11.4. The summed E-state index contributed by atoms with van der Waals surface area (Å²) in [5, 5.41) is 25.6. The van der Waals surface area contributed by atoms with Crippen molar-refractivity contribution in [3.05, 3.63) is 54.6 Å². The monoisotopic (exact) mass is 662 g/mol. The molecule has 0 bridgehead atoms. The first-order chi connectivity index (χ1) is 18.3. The molecule has 4 rings (SSSR count). The van der Waals surface area contributed by atoms with E-state index in [0.29, 0.717) is 5.39 Å². The fourth-order valence-corrected chi connectivity index (χ4v) is 5.17. The van der Waals surface area contributed by atoms with Gasteiger partial charge in [0.25, 0.3) is 0 Å². The number of aromatic hydroxyl groups is 1. The van der Waals surface area contributed by atoms with Crippen molar-refractivity contribution in [3.8, 4) is 11.5 Å². The van der Waals surface area contributed by atoms with E-state index < -0.39 is 53.1 Å². The van der Waals surface area contributed by atoms with Gasteiger partial charge in [-0.25, -0.2) is 16.8 Å². The van der Waals surface area contributed by atoms with Gasteiger partial charge in [-0.3, -0.25) is 4.79 Å². The summed E-state index contributed by atoms with van der Waals surface area (Å²) in [6, 6.07) is 11.6. The minimum Gasteiger partial charge on any atom is -0.744 e. The quantitative estimate of drug-likeness (QED) is 0.0344. The molecule has 1 radical (unpaired) electrons.